The summed E-state index contributed by atoms with van der Waals surface area (Å²) in [6.45, 7) is 1.89. The first-order valence-electron chi connectivity index (χ1n) is 8.02. The zero-order valence-corrected chi connectivity index (χ0v) is 13.7. The largest absolute Gasteiger partial charge is 0.467 e. The van der Waals surface area contributed by atoms with E-state index in [9.17, 15) is 4.79 Å². The Hall–Kier alpha value is -2.66. The first-order valence-corrected chi connectivity index (χ1v) is 8.02. The van der Waals surface area contributed by atoms with Crippen LogP contribution in [0, 0.1) is 0 Å². The molecule has 0 aliphatic heterocycles. The zero-order valence-electron chi connectivity index (χ0n) is 13.7. The molecule has 0 spiro atoms. The van der Waals surface area contributed by atoms with Gasteiger partial charge in [-0.3, -0.25) is 9.78 Å². The lowest BCUT2D eigenvalue weighted by Crippen LogP contribution is -2.28. The summed E-state index contributed by atoms with van der Waals surface area (Å²) >= 11 is 0. The molecule has 0 saturated heterocycles. The van der Waals surface area contributed by atoms with E-state index in [1.165, 1.54) is 0 Å². The van der Waals surface area contributed by atoms with E-state index < -0.39 is 0 Å². The number of benzene rings is 1. The van der Waals surface area contributed by atoms with Crippen molar-refractivity contribution in [1.82, 2.24) is 15.2 Å². The standard InChI is InChI=1S/C19H21N3O2/c1-22(9-8-19(23)21-13-17-6-4-10-24-17)14-15-11-16-5-2-3-7-18(16)20-12-15/h2-7,10-12H,8-9,13-14H2,1H3,(H,21,23). The van der Waals surface area contributed by atoms with Crippen LogP contribution in [-0.2, 0) is 17.9 Å². The molecule has 0 radical (unpaired) electrons. The average Bonchev–Trinajstić information content (AvgIpc) is 3.11. The molecule has 1 N–H and O–H groups in total. The number of carbonyl (C=O) groups excluding carboxylic acids is 1. The maximum absolute atomic E-state index is 11.9. The first-order chi connectivity index (χ1) is 11.7. The van der Waals surface area contributed by atoms with Crippen LogP contribution in [-0.4, -0.2) is 29.4 Å². The minimum Gasteiger partial charge on any atom is -0.467 e. The Kier molecular flexibility index (Phi) is 5.23. The van der Waals surface area contributed by atoms with E-state index in [2.05, 4.69) is 27.3 Å². The molecule has 0 unspecified atom stereocenters. The lowest BCUT2D eigenvalue weighted by atomic mass is 10.1. The quantitative estimate of drug-likeness (QED) is 0.726. The predicted molar refractivity (Wildman–Crippen MR) is 93.2 cm³/mol. The summed E-state index contributed by atoms with van der Waals surface area (Å²) in [4.78, 5) is 18.5. The number of nitrogens with zero attached hydrogens (tertiary/aromatic N) is 2. The number of nitrogens with one attached hydrogen (secondary N) is 1. The molecule has 3 rings (SSSR count). The summed E-state index contributed by atoms with van der Waals surface area (Å²) in [6.07, 6.45) is 3.96. The van der Waals surface area contributed by atoms with E-state index in [4.69, 9.17) is 4.42 Å². The maximum atomic E-state index is 11.9. The third kappa shape index (κ3) is 4.43. The second-order valence-electron chi connectivity index (χ2n) is 5.88. The fourth-order valence-corrected chi connectivity index (χ4v) is 2.57. The van der Waals surface area contributed by atoms with Crippen LogP contribution >= 0.6 is 0 Å². The van der Waals surface area contributed by atoms with Crippen LogP contribution in [0.1, 0.15) is 17.7 Å². The molecule has 1 aromatic carbocycles. The summed E-state index contributed by atoms with van der Waals surface area (Å²) in [5.74, 6) is 0.786. The SMILES string of the molecule is CN(CCC(=O)NCc1ccco1)Cc1cnc2ccccc2c1. The molecule has 5 heteroatoms. The molecule has 1 amide bonds. The number of hydrogen-bond acceptors (Lipinski definition) is 4. The van der Waals surface area contributed by atoms with Crippen molar-refractivity contribution in [2.75, 3.05) is 13.6 Å². The Bertz CT molecular complexity index is 799. The minimum absolute atomic E-state index is 0.0230. The second kappa shape index (κ2) is 7.75. The number of para-hydroxylation sites is 1. The van der Waals surface area contributed by atoms with Gasteiger partial charge in [-0.1, -0.05) is 18.2 Å². The summed E-state index contributed by atoms with van der Waals surface area (Å²) in [7, 11) is 2.01. The Labute approximate surface area is 141 Å². The third-order valence-corrected chi connectivity index (χ3v) is 3.86. The van der Waals surface area contributed by atoms with Crippen molar-refractivity contribution in [3.63, 3.8) is 0 Å². The summed E-state index contributed by atoms with van der Waals surface area (Å²) in [5.41, 5.74) is 2.15. The number of amides is 1. The number of aromatic nitrogens is 1. The lowest BCUT2D eigenvalue weighted by molar-refractivity contribution is -0.121. The molecule has 0 saturated carbocycles. The van der Waals surface area contributed by atoms with Crippen molar-refractivity contribution < 1.29 is 9.21 Å². The summed E-state index contributed by atoms with van der Waals surface area (Å²) < 4.78 is 5.19. The van der Waals surface area contributed by atoms with Gasteiger partial charge >= 0.3 is 0 Å². The summed E-state index contributed by atoms with van der Waals surface area (Å²) in [6, 6.07) is 13.9. The fraction of sp³-hybridized carbons (Fsp3) is 0.263. The monoisotopic (exact) mass is 323 g/mol. The van der Waals surface area contributed by atoms with Gasteiger partial charge in [-0.05, 0) is 36.9 Å². The molecule has 0 aliphatic carbocycles. The van der Waals surface area contributed by atoms with Crippen LogP contribution in [0.25, 0.3) is 10.9 Å². The molecule has 2 aromatic heterocycles. The minimum atomic E-state index is 0.0230. The molecular weight excluding hydrogens is 302 g/mol. The van der Waals surface area contributed by atoms with Crippen LogP contribution < -0.4 is 5.32 Å². The lowest BCUT2D eigenvalue weighted by Gasteiger charge is -2.16. The van der Waals surface area contributed by atoms with Crippen LogP contribution in [0.5, 0.6) is 0 Å². The van der Waals surface area contributed by atoms with Crippen molar-refractivity contribution >= 4 is 16.8 Å². The molecule has 2 heterocycles. The van der Waals surface area contributed by atoms with Gasteiger partial charge in [-0.2, -0.15) is 0 Å². The topological polar surface area (TPSA) is 58.4 Å². The van der Waals surface area contributed by atoms with Crippen molar-refractivity contribution in [3.8, 4) is 0 Å². The van der Waals surface area contributed by atoms with E-state index >= 15 is 0 Å². The van der Waals surface area contributed by atoms with Crippen molar-refractivity contribution in [3.05, 3.63) is 66.2 Å². The molecule has 0 bridgehead atoms. The van der Waals surface area contributed by atoms with Crippen molar-refractivity contribution in [2.45, 2.75) is 19.5 Å². The Balaban J connectivity index is 1.45. The van der Waals surface area contributed by atoms with Gasteiger partial charge in [0.05, 0.1) is 18.3 Å². The molecular formula is C19H21N3O2. The number of hydrogen-bond donors (Lipinski definition) is 1. The molecule has 124 valence electrons. The van der Waals surface area contributed by atoms with E-state index in [-0.39, 0.29) is 5.91 Å². The van der Waals surface area contributed by atoms with Gasteiger partial charge in [0.15, 0.2) is 0 Å². The van der Waals surface area contributed by atoms with Gasteiger partial charge in [0.1, 0.15) is 5.76 Å². The predicted octanol–water partition coefficient (Wildman–Crippen LogP) is 2.97. The zero-order chi connectivity index (χ0) is 16.8. The highest BCUT2D eigenvalue weighted by Crippen LogP contribution is 2.13. The molecule has 0 atom stereocenters. The van der Waals surface area contributed by atoms with Gasteiger partial charge in [0.25, 0.3) is 0 Å². The van der Waals surface area contributed by atoms with E-state index in [1.807, 2.05) is 43.6 Å². The van der Waals surface area contributed by atoms with Gasteiger partial charge < -0.3 is 14.6 Å². The number of carbonyl (C=O) groups is 1. The number of pyridine rings is 1. The molecule has 3 aromatic rings. The number of rotatable bonds is 7. The van der Waals surface area contributed by atoms with Crippen molar-refractivity contribution in [2.24, 2.45) is 0 Å². The Morgan fingerprint density at radius 2 is 2.12 bits per heavy atom. The van der Waals surface area contributed by atoms with E-state index in [0.29, 0.717) is 19.5 Å². The molecule has 0 fully saturated rings. The van der Waals surface area contributed by atoms with Crippen LogP contribution in [0.4, 0.5) is 0 Å². The molecule has 5 nitrogen and oxygen atoms in total. The fourth-order valence-electron chi connectivity index (χ4n) is 2.57. The van der Waals surface area contributed by atoms with Crippen LogP contribution in [0.3, 0.4) is 0 Å². The van der Waals surface area contributed by atoms with E-state index in [0.717, 1.165) is 28.8 Å². The smallest absolute Gasteiger partial charge is 0.221 e. The Morgan fingerprint density at radius 1 is 1.25 bits per heavy atom. The van der Waals surface area contributed by atoms with Gasteiger partial charge in [0.2, 0.25) is 5.91 Å². The number of furan rings is 1. The average molecular weight is 323 g/mol. The first kappa shape index (κ1) is 16.2. The van der Waals surface area contributed by atoms with Crippen LogP contribution in [0.15, 0.2) is 59.3 Å². The highest BCUT2D eigenvalue weighted by atomic mass is 16.3. The normalized spacial score (nSPS) is 11.1. The third-order valence-electron chi connectivity index (χ3n) is 3.86. The number of fused-ring (bicyclic) bond motifs is 1. The molecule has 0 aliphatic rings. The van der Waals surface area contributed by atoms with Gasteiger partial charge in [-0.15, -0.1) is 0 Å². The van der Waals surface area contributed by atoms with Gasteiger partial charge in [0, 0.05) is 31.1 Å². The van der Waals surface area contributed by atoms with Crippen LogP contribution in [0.2, 0.25) is 0 Å². The Morgan fingerprint density at radius 3 is 2.96 bits per heavy atom. The highest BCUT2D eigenvalue weighted by molar-refractivity contribution is 5.78. The van der Waals surface area contributed by atoms with E-state index in [1.54, 1.807) is 6.26 Å². The second-order valence-corrected chi connectivity index (χ2v) is 5.88. The maximum Gasteiger partial charge on any atom is 0.221 e. The highest BCUT2D eigenvalue weighted by Gasteiger charge is 2.07. The summed E-state index contributed by atoms with van der Waals surface area (Å²) in [5, 5.41) is 4.00. The molecule has 24 heavy (non-hydrogen) atoms. The van der Waals surface area contributed by atoms with Gasteiger partial charge in [-0.25, -0.2) is 0 Å². The van der Waals surface area contributed by atoms with Crippen molar-refractivity contribution in [1.29, 1.82) is 0 Å².